The van der Waals surface area contributed by atoms with Crippen LogP contribution in [-0.2, 0) is 27.0 Å². The summed E-state index contributed by atoms with van der Waals surface area (Å²) in [5, 5.41) is 5.25. The van der Waals surface area contributed by atoms with Gasteiger partial charge in [0.05, 0.1) is 12.0 Å². The number of carbonyl (C=O) groups excluding carboxylic acids is 3. The van der Waals surface area contributed by atoms with E-state index in [1.54, 1.807) is 30.0 Å². The van der Waals surface area contributed by atoms with Gasteiger partial charge < -0.3 is 20.4 Å². The van der Waals surface area contributed by atoms with E-state index >= 15 is 0 Å². The maximum atomic E-state index is 12.7. The van der Waals surface area contributed by atoms with E-state index in [0.717, 1.165) is 17.8 Å². The third-order valence-electron chi connectivity index (χ3n) is 5.47. The lowest BCUT2D eigenvalue weighted by Crippen LogP contribution is -2.56. The van der Waals surface area contributed by atoms with Crippen LogP contribution >= 0.6 is 0 Å². The van der Waals surface area contributed by atoms with E-state index in [1.165, 1.54) is 11.0 Å². The van der Waals surface area contributed by atoms with E-state index in [-0.39, 0.29) is 31.5 Å². The lowest BCUT2D eigenvalue weighted by atomic mass is 10.1. The molecule has 1 atom stereocenters. The zero-order valence-corrected chi connectivity index (χ0v) is 17.1. The maximum absolute atomic E-state index is 12.7. The fourth-order valence-electron chi connectivity index (χ4n) is 3.84. The van der Waals surface area contributed by atoms with Gasteiger partial charge in [-0.15, -0.1) is 0 Å². The summed E-state index contributed by atoms with van der Waals surface area (Å²) in [7, 11) is 0. The number of hydrogen-bond donors (Lipinski definition) is 2. The summed E-state index contributed by atoms with van der Waals surface area (Å²) in [5.41, 5.74) is 1.01. The molecule has 1 fully saturated rings. The average molecular weight is 447 g/mol. The first-order chi connectivity index (χ1) is 15.1. The summed E-state index contributed by atoms with van der Waals surface area (Å²) in [6.45, 7) is 2.58. The third kappa shape index (κ3) is 4.36. The summed E-state index contributed by atoms with van der Waals surface area (Å²) in [5.74, 6) is -1.25. The molecule has 0 unspecified atom stereocenters. The van der Waals surface area contributed by atoms with Crippen LogP contribution in [0.5, 0.6) is 0 Å². The van der Waals surface area contributed by atoms with E-state index in [2.05, 4.69) is 15.6 Å². The van der Waals surface area contributed by atoms with Gasteiger partial charge in [0.15, 0.2) is 0 Å². The summed E-state index contributed by atoms with van der Waals surface area (Å²) >= 11 is 0. The number of piperazine rings is 1. The molecule has 2 aliphatic rings. The number of carbonyl (C=O) groups is 3. The molecule has 0 saturated carbocycles. The number of nitrogens with one attached hydrogen (secondary N) is 2. The Hall–Kier alpha value is -3.63. The van der Waals surface area contributed by atoms with Gasteiger partial charge in [-0.3, -0.25) is 14.4 Å². The lowest BCUT2D eigenvalue weighted by Gasteiger charge is -2.40. The van der Waals surface area contributed by atoms with Crippen molar-refractivity contribution < 1.29 is 27.6 Å². The quantitative estimate of drug-likeness (QED) is 0.689. The Morgan fingerprint density at radius 1 is 1.19 bits per heavy atom. The molecule has 32 heavy (non-hydrogen) atoms. The normalized spacial score (nSPS) is 18.2. The number of amides is 3. The maximum Gasteiger partial charge on any atom is 0.417 e. The van der Waals surface area contributed by atoms with Gasteiger partial charge in [-0.2, -0.15) is 13.2 Å². The van der Waals surface area contributed by atoms with Crippen LogP contribution in [0.4, 0.5) is 30.4 Å². The largest absolute Gasteiger partial charge is 0.417 e. The number of benzene rings is 1. The molecule has 4 rings (SSSR count). The highest BCUT2D eigenvalue weighted by molar-refractivity contribution is 6.39. The minimum Gasteiger partial charge on any atom is -0.350 e. The smallest absolute Gasteiger partial charge is 0.350 e. The molecule has 2 N–H and O–H groups in total. The fraction of sp³-hybridized carbons (Fsp3) is 0.333. The number of rotatable bonds is 2. The van der Waals surface area contributed by atoms with E-state index in [1.807, 2.05) is 0 Å². The summed E-state index contributed by atoms with van der Waals surface area (Å²) in [4.78, 5) is 43.6. The first-order valence-electron chi connectivity index (χ1n) is 9.95. The Morgan fingerprint density at radius 3 is 2.62 bits per heavy atom. The van der Waals surface area contributed by atoms with Crippen molar-refractivity contribution in [3.05, 3.63) is 47.7 Å². The number of halogens is 3. The number of nitrogens with zero attached hydrogens (tertiary/aromatic N) is 3. The standard InChI is InChI=1S/C21H20F3N5O3/c1-12-11-28(6-7-29(12)17-5-2-14(10-25-17)21(22,23)24)20(32)19(31)26-15-3-4-16-13(8-15)9-18(30)27-16/h2-5,8,10,12H,6-7,9,11H2,1H3,(H,26,31)(H,27,30)/t12-/m1/s1. The molecule has 2 aromatic rings. The monoisotopic (exact) mass is 447 g/mol. The van der Waals surface area contributed by atoms with E-state index < -0.39 is 23.6 Å². The molecule has 1 aromatic carbocycles. The van der Waals surface area contributed by atoms with Gasteiger partial charge in [-0.1, -0.05) is 0 Å². The van der Waals surface area contributed by atoms with Crippen LogP contribution in [0.15, 0.2) is 36.5 Å². The third-order valence-corrected chi connectivity index (χ3v) is 5.47. The second-order valence-corrected chi connectivity index (χ2v) is 7.75. The van der Waals surface area contributed by atoms with Gasteiger partial charge in [0.25, 0.3) is 0 Å². The Kier molecular flexibility index (Phi) is 5.49. The van der Waals surface area contributed by atoms with Crippen molar-refractivity contribution >= 4 is 34.9 Å². The topological polar surface area (TPSA) is 94.6 Å². The van der Waals surface area contributed by atoms with E-state index in [0.29, 0.717) is 23.7 Å². The van der Waals surface area contributed by atoms with Crippen LogP contribution < -0.4 is 15.5 Å². The van der Waals surface area contributed by atoms with Crippen LogP contribution in [0.1, 0.15) is 18.1 Å². The Morgan fingerprint density at radius 2 is 1.97 bits per heavy atom. The van der Waals surface area contributed by atoms with Gasteiger partial charge in [0.1, 0.15) is 5.82 Å². The number of anilines is 3. The van der Waals surface area contributed by atoms with Gasteiger partial charge in [-0.05, 0) is 42.8 Å². The highest BCUT2D eigenvalue weighted by Gasteiger charge is 2.33. The molecular weight excluding hydrogens is 427 g/mol. The molecule has 0 radical (unpaired) electrons. The molecule has 0 spiro atoms. The SMILES string of the molecule is C[C@@H]1CN(C(=O)C(=O)Nc2ccc3c(c2)CC(=O)N3)CCN1c1ccc(C(F)(F)F)cn1. The predicted octanol–water partition coefficient (Wildman–Crippen LogP) is 2.27. The zero-order valence-electron chi connectivity index (χ0n) is 17.1. The van der Waals surface area contributed by atoms with Gasteiger partial charge >= 0.3 is 18.0 Å². The molecule has 2 aliphatic heterocycles. The second kappa shape index (κ2) is 8.13. The molecule has 168 valence electrons. The fourth-order valence-corrected chi connectivity index (χ4v) is 3.84. The molecule has 0 aliphatic carbocycles. The minimum absolute atomic E-state index is 0.131. The van der Waals surface area contributed by atoms with Crippen LogP contribution in [0, 0.1) is 0 Å². The first kappa shape index (κ1) is 21.6. The highest BCUT2D eigenvalue weighted by Crippen LogP contribution is 2.30. The zero-order chi connectivity index (χ0) is 23.0. The molecule has 0 bridgehead atoms. The summed E-state index contributed by atoms with van der Waals surface area (Å²) in [6, 6.07) is 6.94. The van der Waals surface area contributed by atoms with Crippen molar-refractivity contribution in [2.75, 3.05) is 35.2 Å². The molecule has 11 heteroatoms. The van der Waals surface area contributed by atoms with Gasteiger partial charge in [-0.25, -0.2) is 4.98 Å². The molecule has 1 aromatic heterocycles. The van der Waals surface area contributed by atoms with Crippen LogP contribution in [0.3, 0.4) is 0 Å². The van der Waals surface area contributed by atoms with Crippen LogP contribution in [-0.4, -0.2) is 53.3 Å². The number of alkyl halides is 3. The molecular formula is C21H20F3N5O3. The second-order valence-electron chi connectivity index (χ2n) is 7.75. The number of fused-ring (bicyclic) bond motifs is 1. The summed E-state index contributed by atoms with van der Waals surface area (Å²) < 4.78 is 38.2. The first-order valence-corrected chi connectivity index (χ1v) is 9.95. The van der Waals surface area contributed by atoms with Crippen molar-refractivity contribution in [1.29, 1.82) is 0 Å². The minimum atomic E-state index is -4.46. The molecule has 8 nitrogen and oxygen atoms in total. The van der Waals surface area contributed by atoms with Crippen molar-refractivity contribution in [1.82, 2.24) is 9.88 Å². The number of aromatic nitrogens is 1. The van der Waals surface area contributed by atoms with Gasteiger partial charge in [0, 0.05) is 43.2 Å². The van der Waals surface area contributed by atoms with Crippen LogP contribution in [0.25, 0.3) is 0 Å². The lowest BCUT2D eigenvalue weighted by molar-refractivity contribution is -0.143. The average Bonchev–Trinajstić information content (AvgIpc) is 3.12. The van der Waals surface area contributed by atoms with Crippen molar-refractivity contribution in [2.24, 2.45) is 0 Å². The number of pyridine rings is 1. The van der Waals surface area contributed by atoms with Crippen molar-refractivity contribution in [2.45, 2.75) is 25.6 Å². The Labute approximate surface area is 181 Å². The molecule has 3 amide bonds. The molecule has 3 heterocycles. The van der Waals surface area contributed by atoms with E-state index in [9.17, 15) is 27.6 Å². The molecule has 1 saturated heterocycles. The van der Waals surface area contributed by atoms with E-state index in [4.69, 9.17) is 0 Å². The van der Waals surface area contributed by atoms with Gasteiger partial charge in [0.2, 0.25) is 5.91 Å². The predicted molar refractivity (Wildman–Crippen MR) is 110 cm³/mol. The number of hydrogen-bond acceptors (Lipinski definition) is 5. The van der Waals surface area contributed by atoms with Crippen molar-refractivity contribution in [3.8, 4) is 0 Å². The Bertz CT molecular complexity index is 1070. The van der Waals surface area contributed by atoms with Crippen LogP contribution in [0.2, 0.25) is 0 Å². The van der Waals surface area contributed by atoms with Crippen molar-refractivity contribution in [3.63, 3.8) is 0 Å². The Balaban J connectivity index is 1.36. The highest BCUT2D eigenvalue weighted by atomic mass is 19.4. The summed E-state index contributed by atoms with van der Waals surface area (Å²) in [6.07, 6.45) is -3.46.